The van der Waals surface area contributed by atoms with Gasteiger partial charge in [-0.2, -0.15) is 0 Å². The molecule has 114 valence electrons. The first kappa shape index (κ1) is 15.6. The minimum Gasteiger partial charge on any atom is -0.496 e. The summed E-state index contributed by atoms with van der Waals surface area (Å²) < 4.78 is 6.21. The van der Waals surface area contributed by atoms with Crippen LogP contribution < -0.4 is 15.8 Å². The zero-order chi connectivity index (χ0) is 15.4. The van der Waals surface area contributed by atoms with Crippen molar-refractivity contribution in [1.29, 1.82) is 0 Å². The number of nitrogen functional groups attached to an aromatic ring is 1. The molecule has 0 fully saturated rings. The molecule has 1 atom stereocenters. The third-order valence-electron chi connectivity index (χ3n) is 3.37. The summed E-state index contributed by atoms with van der Waals surface area (Å²) in [7, 11) is 1.58. The normalized spacial score (nSPS) is 12.3. The second-order valence-corrected chi connectivity index (χ2v) is 5.84. The molecule has 1 heterocycles. The number of hydrogen-bond acceptors (Lipinski definition) is 5. The summed E-state index contributed by atoms with van der Waals surface area (Å²) in [6.45, 7) is 2.33. The first-order valence-electron chi connectivity index (χ1n) is 6.89. The van der Waals surface area contributed by atoms with Crippen LogP contribution in [0, 0.1) is 0 Å². The molecule has 0 bridgehead atoms. The van der Waals surface area contributed by atoms with Crippen LogP contribution in [0.4, 0.5) is 5.69 Å². The van der Waals surface area contributed by atoms with Crippen molar-refractivity contribution in [3.05, 3.63) is 23.1 Å². The maximum Gasteiger partial charge on any atom is 0.263 e. The number of nitrogens with one attached hydrogen (secondary N) is 1. The van der Waals surface area contributed by atoms with Crippen LogP contribution in [-0.2, 0) is 0 Å². The zero-order valence-electron chi connectivity index (χ0n) is 12.2. The number of aliphatic hydroxyl groups is 1. The van der Waals surface area contributed by atoms with Gasteiger partial charge in [-0.15, -0.1) is 11.3 Å². The van der Waals surface area contributed by atoms with Crippen LogP contribution >= 0.6 is 11.3 Å². The average Bonchev–Trinajstić information content (AvgIpc) is 2.84. The van der Waals surface area contributed by atoms with Crippen molar-refractivity contribution < 1.29 is 14.6 Å². The standard InChI is InChI=1S/C15H20N2O3S/c1-3-9(18)7-8-17-15(19)14-13(16)12-10(20-2)5-4-6-11(12)21-14/h4-6,9,18H,3,7-8,16H2,1-2H3,(H,17,19). The fraction of sp³-hybridized carbons (Fsp3) is 0.400. The Kier molecular flexibility index (Phi) is 5.03. The SMILES string of the molecule is CCC(O)CCNC(=O)c1sc2cccc(OC)c2c1N. The Balaban J connectivity index is 2.18. The number of nitrogens with two attached hydrogens (primary N) is 1. The minimum atomic E-state index is -0.384. The molecule has 0 saturated heterocycles. The number of carbonyl (C=O) groups excluding carboxylic acids is 1. The van der Waals surface area contributed by atoms with E-state index in [1.807, 2.05) is 25.1 Å². The summed E-state index contributed by atoms with van der Waals surface area (Å²) in [4.78, 5) is 12.7. The second kappa shape index (κ2) is 6.78. The van der Waals surface area contributed by atoms with E-state index >= 15 is 0 Å². The highest BCUT2D eigenvalue weighted by molar-refractivity contribution is 7.21. The third-order valence-corrected chi connectivity index (χ3v) is 4.54. The van der Waals surface area contributed by atoms with E-state index in [1.54, 1.807) is 7.11 Å². The monoisotopic (exact) mass is 308 g/mol. The lowest BCUT2D eigenvalue weighted by Gasteiger charge is -2.08. The Morgan fingerprint density at radius 2 is 2.29 bits per heavy atom. The van der Waals surface area contributed by atoms with E-state index in [0.717, 1.165) is 10.1 Å². The minimum absolute atomic E-state index is 0.209. The quantitative estimate of drug-likeness (QED) is 0.765. The van der Waals surface area contributed by atoms with Crippen molar-refractivity contribution in [2.24, 2.45) is 0 Å². The number of carbonyl (C=O) groups is 1. The molecule has 1 unspecified atom stereocenters. The van der Waals surface area contributed by atoms with Crippen LogP contribution in [0.2, 0.25) is 0 Å². The predicted octanol–water partition coefficient (Wildman–Crippen LogP) is 2.38. The molecular weight excluding hydrogens is 288 g/mol. The summed E-state index contributed by atoms with van der Waals surface area (Å²) >= 11 is 1.35. The first-order valence-corrected chi connectivity index (χ1v) is 7.71. The van der Waals surface area contributed by atoms with E-state index in [2.05, 4.69) is 5.32 Å². The van der Waals surface area contributed by atoms with Gasteiger partial charge in [-0.25, -0.2) is 0 Å². The lowest BCUT2D eigenvalue weighted by Crippen LogP contribution is -2.26. The summed E-state index contributed by atoms with van der Waals surface area (Å²) in [5, 5.41) is 13.1. The van der Waals surface area contributed by atoms with Crippen LogP contribution in [0.1, 0.15) is 29.4 Å². The van der Waals surface area contributed by atoms with Gasteiger partial charge in [0, 0.05) is 11.2 Å². The second-order valence-electron chi connectivity index (χ2n) is 4.78. The molecule has 0 aliphatic rings. The summed E-state index contributed by atoms with van der Waals surface area (Å²) in [6.07, 6.45) is 0.833. The van der Waals surface area contributed by atoms with Gasteiger partial charge in [-0.05, 0) is 25.0 Å². The molecule has 0 spiro atoms. The molecule has 2 aromatic rings. The Labute approximate surface area is 127 Å². The highest BCUT2D eigenvalue weighted by Gasteiger charge is 2.18. The van der Waals surface area contributed by atoms with E-state index in [-0.39, 0.29) is 12.0 Å². The van der Waals surface area contributed by atoms with Gasteiger partial charge in [0.2, 0.25) is 0 Å². The molecule has 2 rings (SSSR count). The molecule has 0 saturated carbocycles. The smallest absolute Gasteiger partial charge is 0.263 e. The highest BCUT2D eigenvalue weighted by atomic mass is 32.1. The maximum absolute atomic E-state index is 12.2. The average molecular weight is 308 g/mol. The fourth-order valence-corrected chi connectivity index (χ4v) is 3.17. The number of hydrogen-bond donors (Lipinski definition) is 3. The predicted molar refractivity (Wildman–Crippen MR) is 86.0 cm³/mol. The van der Waals surface area contributed by atoms with Gasteiger partial charge < -0.3 is 20.9 Å². The Bertz CT molecular complexity index is 639. The van der Waals surface area contributed by atoms with Crippen molar-refractivity contribution in [2.75, 3.05) is 19.4 Å². The highest BCUT2D eigenvalue weighted by Crippen LogP contribution is 2.39. The Morgan fingerprint density at radius 1 is 1.52 bits per heavy atom. The van der Waals surface area contributed by atoms with Crippen molar-refractivity contribution in [1.82, 2.24) is 5.32 Å². The first-order chi connectivity index (χ1) is 10.1. The summed E-state index contributed by atoms with van der Waals surface area (Å²) in [5.74, 6) is 0.459. The van der Waals surface area contributed by atoms with Crippen molar-refractivity contribution in [3.8, 4) is 5.75 Å². The van der Waals surface area contributed by atoms with Crippen molar-refractivity contribution in [2.45, 2.75) is 25.9 Å². The van der Waals surface area contributed by atoms with Gasteiger partial charge in [0.25, 0.3) is 5.91 Å². The molecule has 5 nitrogen and oxygen atoms in total. The third kappa shape index (κ3) is 3.28. The molecule has 0 radical (unpaired) electrons. The number of anilines is 1. The van der Waals surface area contributed by atoms with Gasteiger partial charge in [-0.1, -0.05) is 13.0 Å². The van der Waals surface area contributed by atoms with Crippen molar-refractivity contribution in [3.63, 3.8) is 0 Å². The van der Waals surface area contributed by atoms with Gasteiger partial charge in [0.05, 0.1) is 24.3 Å². The lowest BCUT2D eigenvalue weighted by atomic mass is 10.2. The molecular formula is C15H20N2O3S. The number of methoxy groups -OCH3 is 1. The number of amides is 1. The number of benzene rings is 1. The molecule has 1 aromatic heterocycles. The number of aliphatic hydroxyl groups excluding tert-OH is 1. The van der Waals surface area contributed by atoms with Crippen LogP contribution in [-0.4, -0.2) is 30.8 Å². The van der Waals surface area contributed by atoms with Gasteiger partial charge in [0.15, 0.2) is 0 Å². The van der Waals surface area contributed by atoms with Crippen LogP contribution in [0.5, 0.6) is 5.75 Å². The number of fused-ring (bicyclic) bond motifs is 1. The number of thiophene rings is 1. The van der Waals surface area contributed by atoms with E-state index in [0.29, 0.717) is 35.7 Å². The van der Waals surface area contributed by atoms with Crippen LogP contribution in [0.25, 0.3) is 10.1 Å². The summed E-state index contributed by atoms with van der Waals surface area (Å²) in [5.41, 5.74) is 6.54. The van der Waals surface area contributed by atoms with E-state index in [4.69, 9.17) is 10.5 Å². The van der Waals surface area contributed by atoms with Gasteiger partial charge >= 0.3 is 0 Å². The molecule has 6 heteroatoms. The van der Waals surface area contributed by atoms with Crippen molar-refractivity contribution >= 4 is 33.0 Å². The van der Waals surface area contributed by atoms with E-state index < -0.39 is 0 Å². The lowest BCUT2D eigenvalue weighted by molar-refractivity contribution is 0.0947. The molecule has 21 heavy (non-hydrogen) atoms. The number of rotatable bonds is 6. The molecule has 4 N–H and O–H groups in total. The molecule has 0 aliphatic carbocycles. The maximum atomic E-state index is 12.2. The van der Waals surface area contributed by atoms with Gasteiger partial charge in [-0.3, -0.25) is 4.79 Å². The summed E-state index contributed by atoms with van der Waals surface area (Å²) in [6, 6.07) is 5.61. The zero-order valence-corrected chi connectivity index (χ0v) is 13.0. The molecule has 1 aromatic carbocycles. The Hall–Kier alpha value is -1.79. The van der Waals surface area contributed by atoms with Gasteiger partial charge in [0.1, 0.15) is 10.6 Å². The number of ether oxygens (including phenoxy) is 1. The molecule has 0 aliphatic heterocycles. The van der Waals surface area contributed by atoms with E-state index in [9.17, 15) is 9.90 Å². The molecule has 1 amide bonds. The van der Waals surface area contributed by atoms with E-state index in [1.165, 1.54) is 11.3 Å². The fourth-order valence-electron chi connectivity index (χ4n) is 2.12. The van der Waals surface area contributed by atoms with Crippen LogP contribution in [0.3, 0.4) is 0 Å². The largest absolute Gasteiger partial charge is 0.496 e. The Morgan fingerprint density at radius 3 is 2.95 bits per heavy atom. The topological polar surface area (TPSA) is 84.6 Å². The van der Waals surface area contributed by atoms with Crippen LogP contribution in [0.15, 0.2) is 18.2 Å².